The van der Waals surface area contributed by atoms with Crippen LogP contribution in [0.3, 0.4) is 0 Å². The van der Waals surface area contributed by atoms with Gasteiger partial charge in [0, 0.05) is 6.54 Å². The first-order valence-electron chi connectivity index (χ1n) is 5.31. The Labute approximate surface area is 81.8 Å². The minimum Gasteiger partial charge on any atom is -0.370 e. The predicted molar refractivity (Wildman–Crippen MR) is 55.6 cm³/mol. The zero-order valence-corrected chi connectivity index (χ0v) is 9.39. The number of rotatable bonds is 3. The SMILES string of the molecule is CC(C)OC1(CN)CCCC1(C)C. The summed E-state index contributed by atoms with van der Waals surface area (Å²) in [7, 11) is 0. The maximum Gasteiger partial charge on any atom is 0.0858 e. The van der Waals surface area contributed by atoms with E-state index in [-0.39, 0.29) is 17.1 Å². The summed E-state index contributed by atoms with van der Waals surface area (Å²) in [5.74, 6) is 0. The molecule has 1 saturated carbocycles. The molecule has 1 aliphatic carbocycles. The Balaban J connectivity index is 2.79. The largest absolute Gasteiger partial charge is 0.370 e. The van der Waals surface area contributed by atoms with Gasteiger partial charge >= 0.3 is 0 Å². The van der Waals surface area contributed by atoms with Crippen LogP contribution in [0, 0.1) is 5.41 Å². The molecule has 0 aromatic carbocycles. The molecule has 2 N–H and O–H groups in total. The van der Waals surface area contributed by atoms with Crippen LogP contribution in [-0.2, 0) is 4.74 Å². The maximum atomic E-state index is 6.04. The Kier molecular flexibility index (Phi) is 3.03. The van der Waals surface area contributed by atoms with Crippen molar-refractivity contribution in [2.45, 2.75) is 58.7 Å². The highest BCUT2D eigenvalue weighted by Gasteiger charge is 2.49. The van der Waals surface area contributed by atoms with Crippen molar-refractivity contribution in [2.75, 3.05) is 6.54 Å². The summed E-state index contributed by atoms with van der Waals surface area (Å²) in [5, 5.41) is 0. The zero-order chi connectivity index (χ0) is 10.1. The molecule has 1 rings (SSSR count). The minimum absolute atomic E-state index is 0.0683. The lowest BCUT2D eigenvalue weighted by Gasteiger charge is -2.42. The van der Waals surface area contributed by atoms with Crippen molar-refractivity contribution in [1.82, 2.24) is 0 Å². The van der Waals surface area contributed by atoms with E-state index in [1.807, 2.05) is 0 Å². The monoisotopic (exact) mass is 185 g/mol. The van der Waals surface area contributed by atoms with Crippen LogP contribution in [0.2, 0.25) is 0 Å². The van der Waals surface area contributed by atoms with Crippen molar-refractivity contribution in [1.29, 1.82) is 0 Å². The van der Waals surface area contributed by atoms with E-state index in [0.29, 0.717) is 6.54 Å². The first-order valence-corrected chi connectivity index (χ1v) is 5.31. The molecule has 0 aromatic rings. The normalized spacial score (nSPS) is 32.8. The molecule has 0 aromatic heterocycles. The van der Waals surface area contributed by atoms with E-state index in [2.05, 4.69) is 27.7 Å². The smallest absolute Gasteiger partial charge is 0.0858 e. The molecule has 2 heteroatoms. The standard InChI is InChI=1S/C11H23NO/c1-9(2)13-11(8-12)7-5-6-10(11,3)4/h9H,5-8,12H2,1-4H3. The average molecular weight is 185 g/mol. The van der Waals surface area contributed by atoms with Crippen molar-refractivity contribution >= 4 is 0 Å². The Hall–Kier alpha value is -0.0800. The molecule has 1 aliphatic rings. The summed E-state index contributed by atoms with van der Waals surface area (Å²) in [5.41, 5.74) is 6.04. The van der Waals surface area contributed by atoms with Crippen molar-refractivity contribution < 1.29 is 4.74 Å². The fourth-order valence-corrected chi connectivity index (χ4v) is 2.48. The number of hydrogen-bond acceptors (Lipinski definition) is 2. The van der Waals surface area contributed by atoms with E-state index in [1.54, 1.807) is 0 Å². The lowest BCUT2D eigenvalue weighted by Crippen LogP contribution is -2.50. The van der Waals surface area contributed by atoms with Gasteiger partial charge in [0.1, 0.15) is 0 Å². The highest BCUT2D eigenvalue weighted by Crippen LogP contribution is 2.48. The first kappa shape index (κ1) is 11.0. The lowest BCUT2D eigenvalue weighted by molar-refractivity contribution is -0.126. The van der Waals surface area contributed by atoms with Gasteiger partial charge in [-0.25, -0.2) is 0 Å². The molecule has 1 unspecified atom stereocenters. The lowest BCUT2D eigenvalue weighted by atomic mass is 9.77. The second-order valence-corrected chi connectivity index (χ2v) is 5.10. The third kappa shape index (κ3) is 1.89. The number of hydrogen-bond donors (Lipinski definition) is 1. The van der Waals surface area contributed by atoms with Crippen LogP contribution in [0.25, 0.3) is 0 Å². The minimum atomic E-state index is -0.0683. The van der Waals surface area contributed by atoms with E-state index in [0.717, 1.165) is 6.42 Å². The Bertz CT molecular complexity index is 177. The molecule has 78 valence electrons. The average Bonchev–Trinajstić information content (AvgIpc) is 2.27. The number of nitrogens with two attached hydrogens (primary N) is 1. The third-order valence-corrected chi connectivity index (χ3v) is 3.41. The predicted octanol–water partition coefficient (Wildman–Crippen LogP) is 2.32. The highest BCUT2D eigenvalue weighted by atomic mass is 16.5. The zero-order valence-electron chi connectivity index (χ0n) is 9.39. The Morgan fingerprint density at radius 3 is 2.23 bits per heavy atom. The molecule has 0 bridgehead atoms. The van der Waals surface area contributed by atoms with Crippen molar-refractivity contribution in [3.05, 3.63) is 0 Å². The van der Waals surface area contributed by atoms with Gasteiger partial charge in [-0.3, -0.25) is 0 Å². The molecular formula is C11H23NO. The summed E-state index contributed by atoms with van der Waals surface area (Å²) >= 11 is 0. The second kappa shape index (κ2) is 3.58. The summed E-state index contributed by atoms with van der Waals surface area (Å²) in [4.78, 5) is 0. The van der Waals surface area contributed by atoms with Crippen LogP contribution in [0.4, 0.5) is 0 Å². The van der Waals surface area contributed by atoms with E-state index in [1.165, 1.54) is 12.8 Å². The van der Waals surface area contributed by atoms with Gasteiger partial charge in [0.05, 0.1) is 11.7 Å². The van der Waals surface area contributed by atoms with Crippen molar-refractivity contribution in [3.63, 3.8) is 0 Å². The summed E-state index contributed by atoms with van der Waals surface area (Å²) in [6.45, 7) is 9.38. The first-order chi connectivity index (χ1) is 5.93. The maximum absolute atomic E-state index is 6.04. The fourth-order valence-electron chi connectivity index (χ4n) is 2.48. The molecule has 0 spiro atoms. The van der Waals surface area contributed by atoms with E-state index < -0.39 is 0 Å². The van der Waals surface area contributed by atoms with Gasteiger partial charge in [0.15, 0.2) is 0 Å². The van der Waals surface area contributed by atoms with Crippen LogP contribution in [0.15, 0.2) is 0 Å². The summed E-state index contributed by atoms with van der Waals surface area (Å²) < 4.78 is 6.04. The van der Waals surface area contributed by atoms with Gasteiger partial charge < -0.3 is 10.5 Å². The number of ether oxygens (including phenoxy) is 1. The summed E-state index contributed by atoms with van der Waals surface area (Å²) in [6.07, 6.45) is 3.88. The van der Waals surface area contributed by atoms with Crippen LogP contribution in [0.5, 0.6) is 0 Å². The van der Waals surface area contributed by atoms with Crippen LogP contribution in [0.1, 0.15) is 47.0 Å². The van der Waals surface area contributed by atoms with Crippen molar-refractivity contribution in [2.24, 2.45) is 11.1 Å². The molecular weight excluding hydrogens is 162 g/mol. The van der Waals surface area contributed by atoms with E-state index in [4.69, 9.17) is 10.5 Å². The quantitative estimate of drug-likeness (QED) is 0.732. The highest BCUT2D eigenvalue weighted by molar-refractivity contribution is 5.01. The molecule has 13 heavy (non-hydrogen) atoms. The molecule has 0 radical (unpaired) electrons. The van der Waals surface area contributed by atoms with Gasteiger partial charge in [-0.1, -0.05) is 13.8 Å². The van der Waals surface area contributed by atoms with E-state index >= 15 is 0 Å². The second-order valence-electron chi connectivity index (χ2n) is 5.10. The van der Waals surface area contributed by atoms with Crippen LogP contribution < -0.4 is 5.73 Å². The summed E-state index contributed by atoms with van der Waals surface area (Å²) in [6, 6.07) is 0. The van der Waals surface area contributed by atoms with Crippen LogP contribution >= 0.6 is 0 Å². The van der Waals surface area contributed by atoms with Crippen LogP contribution in [-0.4, -0.2) is 18.2 Å². The molecule has 0 amide bonds. The van der Waals surface area contributed by atoms with Gasteiger partial charge in [-0.2, -0.15) is 0 Å². The van der Waals surface area contributed by atoms with Gasteiger partial charge in [-0.05, 0) is 38.5 Å². The molecule has 0 saturated heterocycles. The molecule has 1 fully saturated rings. The van der Waals surface area contributed by atoms with Crippen molar-refractivity contribution in [3.8, 4) is 0 Å². The molecule has 0 heterocycles. The molecule has 1 atom stereocenters. The fraction of sp³-hybridized carbons (Fsp3) is 1.00. The Morgan fingerprint density at radius 1 is 1.31 bits per heavy atom. The van der Waals surface area contributed by atoms with Gasteiger partial charge in [0.25, 0.3) is 0 Å². The van der Waals surface area contributed by atoms with E-state index in [9.17, 15) is 0 Å². The molecule has 0 aliphatic heterocycles. The van der Waals surface area contributed by atoms with Gasteiger partial charge in [0.2, 0.25) is 0 Å². The topological polar surface area (TPSA) is 35.2 Å². The molecule has 2 nitrogen and oxygen atoms in total. The Morgan fingerprint density at radius 2 is 1.92 bits per heavy atom. The van der Waals surface area contributed by atoms with Gasteiger partial charge in [-0.15, -0.1) is 0 Å². The third-order valence-electron chi connectivity index (χ3n) is 3.41.